The summed E-state index contributed by atoms with van der Waals surface area (Å²) >= 11 is 0. The van der Waals surface area contributed by atoms with Crippen molar-refractivity contribution in [2.75, 3.05) is 12.3 Å². The number of imidazole rings is 1. The van der Waals surface area contributed by atoms with Gasteiger partial charge in [-0.25, -0.2) is 19.7 Å². The van der Waals surface area contributed by atoms with E-state index >= 15 is 0 Å². The lowest BCUT2D eigenvalue weighted by Gasteiger charge is -2.43. The van der Waals surface area contributed by atoms with Crippen LogP contribution in [-0.2, 0) is 32.8 Å². The zero-order valence-electron chi connectivity index (χ0n) is 32.1. The maximum absolute atomic E-state index is 13.6. The highest BCUT2D eigenvalue weighted by Crippen LogP contribution is 2.47. The Bertz CT molecular complexity index is 1950. The minimum absolute atomic E-state index is 0.266. The van der Waals surface area contributed by atoms with Crippen molar-refractivity contribution in [2.24, 2.45) is 0 Å². The second-order valence-electron chi connectivity index (χ2n) is 16.3. The number of fused-ring (bicyclic) bond motifs is 3. The molecule has 290 valence electrons. The van der Waals surface area contributed by atoms with Gasteiger partial charge in [-0.3, -0.25) is 18.9 Å². The molecule has 17 heteroatoms. The third kappa shape index (κ3) is 6.72. The highest BCUT2D eigenvalue weighted by Gasteiger charge is 2.58. The molecule has 8 atom stereocenters. The summed E-state index contributed by atoms with van der Waals surface area (Å²) in [4.78, 5) is 41.6. The quantitative estimate of drug-likeness (QED) is 0.263. The number of hydrogen-bond donors (Lipinski definition) is 2. The third-order valence-corrected chi connectivity index (χ3v) is 17.1. The summed E-state index contributed by atoms with van der Waals surface area (Å²) in [7, 11) is -2.24. The van der Waals surface area contributed by atoms with Gasteiger partial charge in [-0.05, 0) is 56.8 Å². The van der Waals surface area contributed by atoms with Crippen LogP contribution in [0.3, 0.4) is 0 Å². The third-order valence-electron chi connectivity index (χ3n) is 11.0. The largest absolute Gasteiger partial charge is 0.413 e. The molecule has 0 spiro atoms. The topological polar surface area (TPSA) is 189 Å². The monoisotopic (exact) mass is 755 g/mol. The molecule has 53 heavy (non-hydrogen) atoms. The predicted octanol–water partition coefficient (Wildman–Crippen LogP) is 4.39. The van der Waals surface area contributed by atoms with E-state index in [1.54, 1.807) is 17.0 Å². The van der Waals surface area contributed by atoms with Gasteiger partial charge in [0, 0.05) is 6.07 Å². The van der Waals surface area contributed by atoms with Gasteiger partial charge in [0.1, 0.15) is 42.4 Å². The first-order chi connectivity index (χ1) is 24.9. The lowest BCUT2D eigenvalue weighted by molar-refractivity contribution is -0.200. The molecule has 3 aromatic heterocycles. The van der Waals surface area contributed by atoms with Crippen LogP contribution in [0.25, 0.3) is 17.2 Å². The van der Waals surface area contributed by atoms with Crippen molar-refractivity contribution in [3.05, 3.63) is 51.3 Å². The zero-order chi connectivity index (χ0) is 38.2. The fraction of sp³-hybridized carbons (Fsp3) is 0.694. The number of anilines is 1. The summed E-state index contributed by atoms with van der Waals surface area (Å²) in [5.41, 5.74) is 7.34. The highest BCUT2D eigenvalue weighted by molar-refractivity contribution is 6.77. The van der Waals surface area contributed by atoms with Crippen LogP contribution in [0.5, 0.6) is 0 Å². The summed E-state index contributed by atoms with van der Waals surface area (Å²) in [6.45, 7) is 21.1. The van der Waals surface area contributed by atoms with Gasteiger partial charge in [-0.15, -0.1) is 0 Å². The number of hydrogen-bond acceptors (Lipinski definition) is 13. The van der Waals surface area contributed by atoms with Crippen molar-refractivity contribution in [1.82, 2.24) is 29.1 Å². The Balaban J connectivity index is 1.15. The maximum Gasteiger partial charge on any atom is 0.331 e. The van der Waals surface area contributed by atoms with Crippen LogP contribution in [-0.4, -0.2) is 92.2 Å². The molecule has 0 bridgehead atoms. The molecule has 0 aliphatic carbocycles. The van der Waals surface area contributed by atoms with E-state index in [9.17, 15) is 9.59 Å². The number of nitrogens with one attached hydrogen (secondary N) is 1. The molecule has 0 amide bonds. The van der Waals surface area contributed by atoms with Crippen LogP contribution in [0.2, 0.25) is 16.6 Å². The van der Waals surface area contributed by atoms with Gasteiger partial charge in [-0.2, -0.15) is 0 Å². The summed E-state index contributed by atoms with van der Waals surface area (Å²) < 4.78 is 48.7. The number of aromatic nitrogens is 6. The number of aromatic amines is 1. The normalized spacial score (nSPS) is 30.8. The Hall–Kier alpha value is -3.29. The second kappa shape index (κ2) is 13.8. The van der Waals surface area contributed by atoms with Crippen LogP contribution in [0, 0.1) is 0 Å². The lowest BCUT2D eigenvalue weighted by Crippen LogP contribution is -2.50. The molecule has 4 saturated heterocycles. The molecule has 16 nitrogen and oxygen atoms in total. The van der Waals surface area contributed by atoms with Crippen molar-refractivity contribution >= 4 is 31.4 Å². The fourth-order valence-electron chi connectivity index (χ4n) is 9.09. The Labute approximate surface area is 309 Å². The van der Waals surface area contributed by atoms with Crippen molar-refractivity contribution in [3.63, 3.8) is 0 Å². The van der Waals surface area contributed by atoms with E-state index < -0.39 is 80.2 Å². The standard InChI is InChI=1S/C36H53N7O9Si/c1-18(2)53(19(3)4,20(5)6)46-15-23-27-29(52-36(9,10)50-27)33(48-23)43-21(14-24(44)41-34(43)45)12-11-13-22-26-28(51-35(7,8)49-26)32(47-22)42-17-40-25-30(37)38-16-39-31(25)42/h11-12,14,16-20,22-23,26-29,32-33H,13,15H2,1-10H3,(H2,37,38,39)(H,41,44,45)/b12-11-/t22-,23-,26-,27-,28-,29-,32-,33-/m1/s1. The fourth-order valence-corrected chi connectivity index (χ4v) is 14.5. The Kier molecular flexibility index (Phi) is 9.88. The van der Waals surface area contributed by atoms with E-state index in [0.717, 1.165) is 0 Å². The van der Waals surface area contributed by atoms with E-state index in [2.05, 4.69) is 61.5 Å². The van der Waals surface area contributed by atoms with Gasteiger partial charge in [-0.1, -0.05) is 47.6 Å². The van der Waals surface area contributed by atoms with Gasteiger partial charge in [0.15, 0.2) is 43.8 Å². The number of rotatable bonds is 11. The number of nitrogens with zero attached hydrogens (tertiary/aromatic N) is 5. The molecule has 0 saturated carbocycles. The molecule has 4 aliphatic rings. The van der Waals surface area contributed by atoms with Gasteiger partial charge < -0.3 is 38.6 Å². The first-order valence-electron chi connectivity index (χ1n) is 18.5. The first-order valence-corrected chi connectivity index (χ1v) is 20.7. The van der Waals surface area contributed by atoms with Crippen molar-refractivity contribution < 1.29 is 32.8 Å². The molecule has 3 N–H and O–H groups in total. The second-order valence-corrected chi connectivity index (χ2v) is 21.8. The molecular formula is C36H53N7O9Si. The molecule has 7 heterocycles. The van der Waals surface area contributed by atoms with Gasteiger partial charge in [0.05, 0.1) is 24.7 Å². The van der Waals surface area contributed by atoms with E-state index in [4.69, 9.17) is 38.6 Å². The van der Waals surface area contributed by atoms with E-state index in [1.165, 1.54) is 17.0 Å². The van der Waals surface area contributed by atoms with Crippen molar-refractivity contribution in [2.45, 2.75) is 153 Å². The Morgan fingerprint density at radius 1 is 0.868 bits per heavy atom. The van der Waals surface area contributed by atoms with E-state index in [0.29, 0.717) is 46.5 Å². The Morgan fingerprint density at radius 3 is 2.09 bits per heavy atom. The van der Waals surface area contributed by atoms with Crippen LogP contribution in [0.4, 0.5) is 5.82 Å². The van der Waals surface area contributed by atoms with E-state index in [-0.39, 0.29) is 5.82 Å². The highest BCUT2D eigenvalue weighted by atomic mass is 28.4. The summed E-state index contributed by atoms with van der Waals surface area (Å²) in [6.07, 6.45) is 2.47. The molecule has 4 fully saturated rings. The van der Waals surface area contributed by atoms with Gasteiger partial charge in [0.25, 0.3) is 5.56 Å². The summed E-state index contributed by atoms with van der Waals surface area (Å²) in [5, 5.41) is 0. The zero-order valence-corrected chi connectivity index (χ0v) is 33.1. The molecule has 0 aromatic carbocycles. The number of ether oxygens (including phenoxy) is 6. The van der Waals surface area contributed by atoms with Crippen LogP contribution in [0.15, 0.2) is 34.4 Å². The minimum Gasteiger partial charge on any atom is -0.413 e. The Morgan fingerprint density at radius 2 is 1.45 bits per heavy atom. The van der Waals surface area contributed by atoms with Crippen LogP contribution >= 0.6 is 0 Å². The summed E-state index contributed by atoms with van der Waals surface area (Å²) in [5.74, 6) is -1.50. The number of nitrogen functional groups attached to an aromatic ring is 1. The summed E-state index contributed by atoms with van der Waals surface area (Å²) in [6, 6.07) is 1.37. The number of nitrogens with two attached hydrogens (primary N) is 1. The molecule has 4 aliphatic heterocycles. The smallest absolute Gasteiger partial charge is 0.331 e. The molecule has 0 radical (unpaired) electrons. The minimum atomic E-state index is -2.24. The van der Waals surface area contributed by atoms with Crippen molar-refractivity contribution in [1.29, 1.82) is 0 Å². The lowest BCUT2D eigenvalue weighted by atomic mass is 10.1. The molecule has 0 unspecified atom stereocenters. The van der Waals surface area contributed by atoms with Gasteiger partial charge >= 0.3 is 5.69 Å². The average molecular weight is 756 g/mol. The van der Waals surface area contributed by atoms with Gasteiger partial charge in [0.2, 0.25) is 0 Å². The molecule has 7 rings (SSSR count). The first kappa shape index (κ1) is 38.0. The van der Waals surface area contributed by atoms with E-state index in [1.807, 2.05) is 33.8 Å². The van der Waals surface area contributed by atoms with Crippen LogP contribution < -0.4 is 17.0 Å². The molecular weight excluding hydrogens is 703 g/mol. The maximum atomic E-state index is 13.6. The number of H-pyrrole nitrogens is 1. The average Bonchev–Trinajstić information content (AvgIpc) is 3.84. The molecule has 3 aromatic rings. The SMILES string of the molecule is CC(C)[Si](OC[C@H]1O[C@@H](n2c(/C=C\C[C@H]3O[C@@H](n4cnc5c(N)ncnc54)[C@@H]4OC(C)(C)O[C@@H]43)cc(=O)[nH]c2=O)[C@@H]2OC(C)(C)O[C@@H]21)(C(C)C)C(C)C. The predicted molar refractivity (Wildman–Crippen MR) is 197 cm³/mol. The van der Waals surface area contributed by atoms with Crippen LogP contribution in [0.1, 0.15) is 93.8 Å². The van der Waals surface area contributed by atoms with Crippen molar-refractivity contribution in [3.8, 4) is 0 Å².